The Morgan fingerprint density at radius 3 is 2.85 bits per heavy atom. The zero-order valence-corrected chi connectivity index (χ0v) is 13.4. The summed E-state index contributed by atoms with van der Waals surface area (Å²) in [7, 11) is 0. The van der Waals surface area contributed by atoms with E-state index in [-0.39, 0.29) is 17.9 Å². The van der Waals surface area contributed by atoms with Crippen molar-refractivity contribution in [2.45, 2.75) is 32.7 Å². The van der Waals surface area contributed by atoms with Crippen LogP contribution < -0.4 is 5.32 Å². The lowest BCUT2D eigenvalue weighted by molar-refractivity contribution is -0.127. The summed E-state index contributed by atoms with van der Waals surface area (Å²) in [6, 6.07) is 5.49. The third kappa shape index (κ3) is 3.60. The van der Waals surface area contributed by atoms with E-state index >= 15 is 0 Å². The number of hydrogen-bond donors (Lipinski definition) is 1. The van der Waals surface area contributed by atoms with E-state index in [0.717, 1.165) is 23.0 Å². The summed E-state index contributed by atoms with van der Waals surface area (Å²) in [5.41, 5.74) is 1.72. The van der Waals surface area contributed by atoms with E-state index < -0.39 is 0 Å². The quantitative estimate of drug-likeness (QED) is 0.916. The summed E-state index contributed by atoms with van der Waals surface area (Å²) >= 11 is 3.43. The first-order chi connectivity index (χ1) is 9.47. The fourth-order valence-electron chi connectivity index (χ4n) is 2.31. The topological polar surface area (TPSA) is 49.4 Å². The van der Waals surface area contributed by atoms with Crippen LogP contribution in [0.2, 0.25) is 0 Å². The average molecular weight is 339 g/mol. The van der Waals surface area contributed by atoms with Crippen molar-refractivity contribution in [1.82, 2.24) is 10.2 Å². The zero-order chi connectivity index (χ0) is 14.7. The van der Waals surface area contributed by atoms with Gasteiger partial charge in [-0.25, -0.2) is 0 Å². The van der Waals surface area contributed by atoms with E-state index in [4.69, 9.17) is 0 Å². The van der Waals surface area contributed by atoms with Crippen molar-refractivity contribution in [1.29, 1.82) is 0 Å². The smallest absolute Gasteiger partial charge is 0.251 e. The van der Waals surface area contributed by atoms with Gasteiger partial charge in [-0.1, -0.05) is 22.0 Å². The molecule has 1 N–H and O–H groups in total. The van der Waals surface area contributed by atoms with Crippen molar-refractivity contribution in [3.8, 4) is 0 Å². The number of nitrogens with one attached hydrogen (secondary N) is 1. The van der Waals surface area contributed by atoms with E-state index in [0.29, 0.717) is 18.5 Å². The minimum atomic E-state index is -0.107. The first-order valence-corrected chi connectivity index (χ1v) is 7.61. The highest BCUT2D eigenvalue weighted by atomic mass is 79.9. The SMILES string of the molecule is Cc1ccc(C(=O)NC(C)CN2CCCC2=O)cc1Br. The minimum Gasteiger partial charge on any atom is -0.348 e. The Morgan fingerprint density at radius 2 is 2.25 bits per heavy atom. The van der Waals surface area contributed by atoms with Gasteiger partial charge in [-0.15, -0.1) is 0 Å². The predicted octanol–water partition coefficient (Wildman–Crippen LogP) is 2.50. The second-order valence-corrected chi connectivity index (χ2v) is 6.14. The Hall–Kier alpha value is -1.36. The molecule has 108 valence electrons. The summed E-state index contributed by atoms with van der Waals surface area (Å²) < 4.78 is 0.924. The molecule has 0 radical (unpaired) electrons. The molecule has 1 fully saturated rings. The zero-order valence-electron chi connectivity index (χ0n) is 11.8. The maximum Gasteiger partial charge on any atom is 0.251 e. The average Bonchev–Trinajstić information content (AvgIpc) is 2.78. The highest BCUT2D eigenvalue weighted by molar-refractivity contribution is 9.10. The number of benzene rings is 1. The molecule has 1 atom stereocenters. The molecule has 20 heavy (non-hydrogen) atoms. The van der Waals surface area contributed by atoms with E-state index in [1.54, 1.807) is 0 Å². The van der Waals surface area contributed by atoms with Gasteiger partial charge in [0.2, 0.25) is 5.91 Å². The fraction of sp³-hybridized carbons (Fsp3) is 0.467. The van der Waals surface area contributed by atoms with E-state index in [9.17, 15) is 9.59 Å². The van der Waals surface area contributed by atoms with Crippen molar-refractivity contribution >= 4 is 27.7 Å². The van der Waals surface area contributed by atoms with Crippen LogP contribution in [0.25, 0.3) is 0 Å². The Bertz CT molecular complexity index is 531. The molecule has 1 heterocycles. The summed E-state index contributed by atoms with van der Waals surface area (Å²) in [6.45, 7) is 5.28. The van der Waals surface area contributed by atoms with Gasteiger partial charge in [-0.3, -0.25) is 9.59 Å². The summed E-state index contributed by atoms with van der Waals surface area (Å²) in [5, 5.41) is 2.94. The first-order valence-electron chi connectivity index (χ1n) is 6.82. The Balaban J connectivity index is 1.93. The van der Waals surface area contributed by atoms with E-state index in [2.05, 4.69) is 21.2 Å². The molecular weight excluding hydrogens is 320 g/mol. The number of likely N-dealkylation sites (tertiary alicyclic amines) is 1. The monoisotopic (exact) mass is 338 g/mol. The van der Waals surface area contributed by atoms with Gasteiger partial charge in [-0.05, 0) is 38.0 Å². The Morgan fingerprint density at radius 1 is 1.50 bits per heavy atom. The number of carbonyl (C=O) groups excluding carboxylic acids is 2. The van der Waals surface area contributed by atoms with Gasteiger partial charge in [0, 0.05) is 35.6 Å². The molecule has 1 unspecified atom stereocenters. The van der Waals surface area contributed by atoms with Crippen molar-refractivity contribution in [3.05, 3.63) is 33.8 Å². The van der Waals surface area contributed by atoms with Crippen LogP contribution in [0.5, 0.6) is 0 Å². The standard InChI is InChI=1S/C15H19BrN2O2/c1-10-5-6-12(8-13(10)16)15(20)17-11(2)9-18-7-3-4-14(18)19/h5-6,8,11H,3-4,7,9H2,1-2H3,(H,17,20). The molecule has 1 aliphatic rings. The molecule has 0 bridgehead atoms. The molecule has 4 nitrogen and oxygen atoms in total. The molecule has 0 aromatic heterocycles. The number of aryl methyl sites for hydroxylation is 1. The third-order valence-electron chi connectivity index (χ3n) is 3.48. The van der Waals surface area contributed by atoms with Crippen LogP contribution in [-0.4, -0.2) is 35.8 Å². The number of rotatable bonds is 4. The van der Waals surface area contributed by atoms with Crippen LogP contribution >= 0.6 is 15.9 Å². The van der Waals surface area contributed by atoms with Crippen LogP contribution in [0.1, 0.15) is 35.7 Å². The first kappa shape index (κ1) is 15.0. The highest BCUT2D eigenvalue weighted by Crippen LogP contribution is 2.17. The molecule has 1 aromatic rings. The van der Waals surface area contributed by atoms with Crippen molar-refractivity contribution in [2.75, 3.05) is 13.1 Å². The third-order valence-corrected chi connectivity index (χ3v) is 4.33. The molecule has 2 amide bonds. The van der Waals surface area contributed by atoms with Crippen LogP contribution in [0.3, 0.4) is 0 Å². The fourth-order valence-corrected chi connectivity index (χ4v) is 2.69. The van der Waals surface area contributed by atoms with Crippen molar-refractivity contribution < 1.29 is 9.59 Å². The summed E-state index contributed by atoms with van der Waals surface area (Å²) in [6.07, 6.45) is 1.55. The summed E-state index contributed by atoms with van der Waals surface area (Å²) in [5.74, 6) is 0.0778. The Labute approximate surface area is 127 Å². The molecule has 2 rings (SSSR count). The van der Waals surface area contributed by atoms with Gasteiger partial charge >= 0.3 is 0 Å². The van der Waals surface area contributed by atoms with Crippen molar-refractivity contribution in [2.24, 2.45) is 0 Å². The Kier molecular flexibility index (Phi) is 4.81. The molecule has 1 aromatic carbocycles. The largest absolute Gasteiger partial charge is 0.348 e. The predicted molar refractivity (Wildman–Crippen MR) is 81.6 cm³/mol. The normalized spacial score (nSPS) is 16.4. The molecular formula is C15H19BrN2O2. The summed E-state index contributed by atoms with van der Waals surface area (Å²) in [4.78, 5) is 25.5. The van der Waals surface area contributed by atoms with Gasteiger partial charge in [-0.2, -0.15) is 0 Å². The molecule has 0 saturated carbocycles. The lowest BCUT2D eigenvalue weighted by Gasteiger charge is -2.21. The molecule has 5 heteroatoms. The lowest BCUT2D eigenvalue weighted by Crippen LogP contribution is -2.42. The van der Waals surface area contributed by atoms with Crippen LogP contribution in [0, 0.1) is 6.92 Å². The minimum absolute atomic E-state index is 0.0513. The maximum atomic E-state index is 12.1. The van der Waals surface area contributed by atoms with Gasteiger partial charge < -0.3 is 10.2 Å². The highest BCUT2D eigenvalue weighted by Gasteiger charge is 2.22. The molecule has 1 aliphatic heterocycles. The van der Waals surface area contributed by atoms with Crippen LogP contribution in [0.15, 0.2) is 22.7 Å². The number of amides is 2. The molecule has 1 saturated heterocycles. The lowest BCUT2D eigenvalue weighted by atomic mass is 10.1. The van der Waals surface area contributed by atoms with Crippen LogP contribution in [0.4, 0.5) is 0 Å². The van der Waals surface area contributed by atoms with E-state index in [1.807, 2.05) is 36.9 Å². The number of hydrogen-bond acceptors (Lipinski definition) is 2. The number of halogens is 1. The second kappa shape index (κ2) is 6.39. The van der Waals surface area contributed by atoms with Gasteiger partial charge in [0.25, 0.3) is 5.91 Å². The van der Waals surface area contributed by atoms with E-state index in [1.165, 1.54) is 0 Å². The van der Waals surface area contributed by atoms with Crippen molar-refractivity contribution in [3.63, 3.8) is 0 Å². The van der Waals surface area contributed by atoms with Gasteiger partial charge in [0.1, 0.15) is 0 Å². The number of nitrogens with zero attached hydrogens (tertiary/aromatic N) is 1. The maximum absolute atomic E-state index is 12.1. The van der Waals surface area contributed by atoms with Gasteiger partial charge in [0.15, 0.2) is 0 Å². The number of carbonyl (C=O) groups is 2. The second-order valence-electron chi connectivity index (χ2n) is 5.28. The van der Waals surface area contributed by atoms with Gasteiger partial charge in [0.05, 0.1) is 0 Å². The molecule has 0 aliphatic carbocycles. The molecule has 0 spiro atoms. The van der Waals surface area contributed by atoms with Crippen LogP contribution in [-0.2, 0) is 4.79 Å².